The second-order valence-corrected chi connectivity index (χ2v) is 13.4. The number of H-pyrrole nitrogens is 1. The van der Waals surface area contributed by atoms with Gasteiger partial charge in [-0.2, -0.15) is 4.89 Å². The number of carbonyl (C=O) groups is 3. The van der Waals surface area contributed by atoms with Gasteiger partial charge in [0.2, 0.25) is 0 Å². The summed E-state index contributed by atoms with van der Waals surface area (Å²) in [7, 11) is 0. The van der Waals surface area contributed by atoms with Gasteiger partial charge in [0.05, 0.1) is 29.2 Å². The number of nitrogens with zero attached hydrogens (tertiary/aromatic N) is 1. The number of rotatable bonds is 4. The van der Waals surface area contributed by atoms with E-state index in [-0.39, 0.29) is 36.4 Å². The van der Waals surface area contributed by atoms with Crippen molar-refractivity contribution in [3.8, 4) is 11.5 Å². The Morgan fingerprint density at radius 2 is 1.29 bits per heavy atom. The molecule has 0 spiro atoms. The van der Waals surface area contributed by atoms with E-state index in [1.54, 1.807) is 47.4 Å². The molecule has 11 heteroatoms. The molecular weight excluding hydrogens is 664 g/mol. The first-order valence-corrected chi connectivity index (χ1v) is 17.0. The molecule has 6 aromatic rings. The number of hydrogen-bond acceptors (Lipinski definition) is 9. The number of carbonyl (C=O) groups excluding carboxylic acids is 3. The van der Waals surface area contributed by atoms with Crippen molar-refractivity contribution in [3.05, 3.63) is 158 Å². The number of amides is 1. The van der Waals surface area contributed by atoms with Crippen LogP contribution in [0.3, 0.4) is 0 Å². The number of para-hydroxylation sites is 2. The Kier molecular flexibility index (Phi) is 6.74. The Labute approximate surface area is 295 Å². The standard InChI is InChI=1S/C41H28N2O9/c44-38-25-13-5-2-12-24(25)20-43(38)36-33(30-18-21-9-1-6-14-26(21)39(45)49-30)32(27-17-22-10-3-7-15-28(22)48-40(27)46)37-35(42-41(47)50-37)34(36)31-19-23-11-4-8-16-29(23)51-52-31/h1-16,27,30-31H,17-20H2,(H,42,47). The number of fused-ring (bicyclic) bond motifs is 5. The van der Waals surface area contributed by atoms with E-state index >= 15 is 0 Å². The van der Waals surface area contributed by atoms with Crippen molar-refractivity contribution in [2.45, 2.75) is 43.9 Å². The molecule has 0 fully saturated rings. The van der Waals surface area contributed by atoms with Gasteiger partial charge in [-0.3, -0.25) is 14.6 Å². The van der Waals surface area contributed by atoms with Gasteiger partial charge in [0.15, 0.2) is 11.3 Å². The minimum atomic E-state index is -1.01. The quantitative estimate of drug-likeness (QED) is 0.123. The first-order chi connectivity index (χ1) is 25.4. The monoisotopic (exact) mass is 692 g/mol. The summed E-state index contributed by atoms with van der Waals surface area (Å²) in [6, 6.07) is 29.2. The van der Waals surface area contributed by atoms with Gasteiger partial charge in [0, 0.05) is 40.7 Å². The number of cyclic esters (lactones) is 1. The van der Waals surface area contributed by atoms with Gasteiger partial charge in [0.25, 0.3) is 5.91 Å². The maximum absolute atomic E-state index is 14.5. The third kappa shape index (κ3) is 4.62. The van der Waals surface area contributed by atoms with Gasteiger partial charge >= 0.3 is 17.7 Å². The minimum Gasteiger partial charge on any atom is -0.453 e. The predicted octanol–water partition coefficient (Wildman–Crippen LogP) is 6.59. The minimum absolute atomic E-state index is 0.0848. The van der Waals surface area contributed by atoms with Crippen molar-refractivity contribution in [3.63, 3.8) is 0 Å². The van der Waals surface area contributed by atoms with E-state index in [9.17, 15) is 19.2 Å². The van der Waals surface area contributed by atoms with Crippen molar-refractivity contribution in [2.24, 2.45) is 0 Å². The maximum Gasteiger partial charge on any atom is 0.417 e. The van der Waals surface area contributed by atoms with E-state index in [0.29, 0.717) is 51.4 Å². The molecule has 11 nitrogen and oxygen atoms in total. The third-order valence-corrected chi connectivity index (χ3v) is 10.5. The van der Waals surface area contributed by atoms with Crippen molar-refractivity contribution in [1.29, 1.82) is 0 Å². The number of ether oxygens (including phenoxy) is 2. The molecule has 3 atom stereocenters. The van der Waals surface area contributed by atoms with Crippen molar-refractivity contribution in [2.75, 3.05) is 4.90 Å². The molecule has 0 saturated heterocycles. The van der Waals surface area contributed by atoms with Gasteiger partial charge in [-0.05, 0) is 47.4 Å². The zero-order chi connectivity index (χ0) is 35.1. The lowest BCUT2D eigenvalue weighted by molar-refractivity contribution is -0.257. The number of esters is 2. The first kappa shape index (κ1) is 30.4. The SMILES string of the molecule is O=C1OC(c2c(N3Cc4ccccc4C3=O)c(C3Cc4ccccc4OO3)c3[nH]c(=O)oc3c2C2Cc3ccccc3OC2=O)Cc2ccccc21. The van der Waals surface area contributed by atoms with E-state index in [0.717, 1.165) is 22.3 Å². The maximum atomic E-state index is 14.5. The second kappa shape index (κ2) is 11.5. The lowest BCUT2D eigenvalue weighted by Gasteiger charge is -2.36. The summed E-state index contributed by atoms with van der Waals surface area (Å²) in [5.74, 6) is -2.23. The predicted molar refractivity (Wildman–Crippen MR) is 185 cm³/mol. The number of anilines is 1. The Morgan fingerprint density at radius 3 is 2.08 bits per heavy atom. The molecule has 256 valence electrons. The molecule has 0 radical (unpaired) electrons. The molecule has 1 amide bonds. The van der Waals surface area contributed by atoms with Crippen LogP contribution in [0.2, 0.25) is 0 Å². The summed E-state index contributed by atoms with van der Waals surface area (Å²) >= 11 is 0. The molecular formula is C41H28N2O9. The van der Waals surface area contributed by atoms with Crippen LogP contribution in [0.25, 0.3) is 11.1 Å². The number of oxazole rings is 1. The van der Waals surface area contributed by atoms with Gasteiger partial charge in [-0.15, -0.1) is 0 Å². The first-order valence-electron chi connectivity index (χ1n) is 17.0. The van der Waals surface area contributed by atoms with Gasteiger partial charge in [-0.1, -0.05) is 72.8 Å². The van der Waals surface area contributed by atoms with Gasteiger partial charge < -0.3 is 23.7 Å². The molecule has 1 aromatic heterocycles. The molecule has 3 unspecified atom stereocenters. The number of aromatic nitrogens is 1. The largest absolute Gasteiger partial charge is 0.453 e. The second-order valence-electron chi connectivity index (χ2n) is 13.4. The van der Waals surface area contributed by atoms with Crippen LogP contribution in [0.4, 0.5) is 5.69 Å². The fraction of sp³-hybridized carbons (Fsp3) is 0.171. The highest BCUT2D eigenvalue weighted by Crippen LogP contribution is 2.52. The molecule has 10 rings (SSSR count). The summed E-state index contributed by atoms with van der Waals surface area (Å²) in [6.45, 7) is 0.168. The van der Waals surface area contributed by atoms with Crippen molar-refractivity contribution in [1.82, 2.24) is 4.98 Å². The summed E-state index contributed by atoms with van der Waals surface area (Å²) in [5, 5.41) is 0. The molecule has 0 aliphatic carbocycles. The number of nitrogens with one attached hydrogen (secondary N) is 1. The summed E-state index contributed by atoms with van der Waals surface area (Å²) < 4.78 is 18.1. The Morgan fingerprint density at radius 1 is 0.635 bits per heavy atom. The van der Waals surface area contributed by atoms with E-state index in [2.05, 4.69) is 4.98 Å². The van der Waals surface area contributed by atoms with Crippen LogP contribution >= 0.6 is 0 Å². The van der Waals surface area contributed by atoms with E-state index in [4.69, 9.17) is 23.7 Å². The van der Waals surface area contributed by atoms with Crippen LogP contribution in [-0.2, 0) is 40.2 Å². The van der Waals surface area contributed by atoms with Crippen LogP contribution in [0.1, 0.15) is 77.8 Å². The molecule has 4 aliphatic rings. The highest BCUT2D eigenvalue weighted by atomic mass is 17.2. The van der Waals surface area contributed by atoms with Crippen LogP contribution in [0.15, 0.2) is 106 Å². The average Bonchev–Trinajstić information content (AvgIpc) is 3.72. The molecule has 0 saturated carbocycles. The highest BCUT2D eigenvalue weighted by Gasteiger charge is 2.45. The van der Waals surface area contributed by atoms with E-state index in [1.807, 2.05) is 54.6 Å². The number of aromatic amines is 1. The smallest absolute Gasteiger partial charge is 0.417 e. The molecule has 52 heavy (non-hydrogen) atoms. The fourth-order valence-corrected chi connectivity index (χ4v) is 8.15. The Balaban J connectivity index is 1.29. The topological polar surface area (TPSA) is 137 Å². The van der Waals surface area contributed by atoms with Crippen LogP contribution in [-0.4, -0.2) is 22.8 Å². The third-order valence-electron chi connectivity index (χ3n) is 10.5. The zero-order valence-corrected chi connectivity index (χ0v) is 27.4. The van der Waals surface area contributed by atoms with Crippen LogP contribution in [0, 0.1) is 0 Å². The summed E-state index contributed by atoms with van der Waals surface area (Å²) in [6.07, 6.45) is -1.14. The van der Waals surface area contributed by atoms with Gasteiger partial charge in [-0.25, -0.2) is 9.59 Å². The van der Waals surface area contributed by atoms with Crippen molar-refractivity contribution < 1.29 is 38.0 Å². The fourth-order valence-electron chi connectivity index (χ4n) is 8.15. The average molecular weight is 693 g/mol. The lowest BCUT2D eigenvalue weighted by atomic mass is 9.79. The Hall–Kier alpha value is -6.46. The van der Waals surface area contributed by atoms with Gasteiger partial charge in [0.1, 0.15) is 18.0 Å². The number of benzene rings is 5. The van der Waals surface area contributed by atoms with Crippen LogP contribution < -0.4 is 20.3 Å². The summed E-state index contributed by atoms with van der Waals surface area (Å²) in [4.78, 5) is 72.1. The molecule has 5 aromatic carbocycles. The normalized spacial score (nSPS) is 20.3. The highest BCUT2D eigenvalue weighted by molar-refractivity contribution is 6.12. The van der Waals surface area contributed by atoms with E-state index in [1.165, 1.54) is 0 Å². The number of hydrogen-bond donors (Lipinski definition) is 1. The van der Waals surface area contributed by atoms with Crippen molar-refractivity contribution >= 4 is 34.6 Å². The summed E-state index contributed by atoms with van der Waals surface area (Å²) in [5.41, 5.74) is 5.78. The molecule has 0 bridgehead atoms. The molecule has 5 heterocycles. The van der Waals surface area contributed by atoms with E-state index < -0.39 is 35.8 Å². The molecule has 4 aliphatic heterocycles. The lowest BCUT2D eigenvalue weighted by Crippen LogP contribution is -2.33. The Bertz CT molecular complexity index is 2570. The van der Waals surface area contributed by atoms with Crippen LogP contribution in [0.5, 0.6) is 11.5 Å². The molecule has 1 N–H and O–H groups in total. The zero-order valence-electron chi connectivity index (χ0n) is 27.4.